The van der Waals surface area contributed by atoms with Gasteiger partial charge in [0, 0.05) is 34.9 Å². The molecule has 1 saturated heterocycles. The summed E-state index contributed by atoms with van der Waals surface area (Å²) in [7, 11) is 0. The average molecular weight is 587 g/mol. The predicted molar refractivity (Wildman–Crippen MR) is 165 cm³/mol. The molecule has 1 aliphatic rings. The molecule has 0 aliphatic carbocycles. The van der Waals surface area contributed by atoms with Crippen molar-refractivity contribution in [3.63, 3.8) is 0 Å². The number of benzene rings is 4. The molecular formula is C33H34N2O6S. The molecule has 3 atom stereocenters. The van der Waals surface area contributed by atoms with Crippen molar-refractivity contribution in [1.82, 2.24) is 0 Å². The lowest BCUT2D eigenvalue weighted by atomic mass is 10.0. The van der Waals surface area contributed by atoms with Gasteiger partial charge in [-0.05, 0) is 59.7 Å². The highest BCUT2D eigenvalue weighted by atomic mass is 32.2. The zero-order chi connectivity index (χ0) is 29.1. The van der Waals surface area contributed by atoms with Crippen LogP contribution in [0.3, 0.4) is 0 Å². The number of carbonyl (C=O) groups is 1. The summed E-state index contributed by atoms with van der Waals surface area (Å²) in [6.45, 7) is 0.101. The van der Waals surface area contributed by atoms with E-state index in [0.29, 0.717) is 29.3 Å². The standard InChI is InChI=1S/C33H34N2O6S/c36-17-18-42-22-30-20-31(24-11-9-23(21-37)10-12-24)41-32(40-30)25-5-4-6-27(19-25)35-33(38)34-26-13-15-29(16-14-26)39-28-7-2-1-3-8-28/h1-16,19,30-32,36-37H,17-18,20-22H2,(H2,34,35,38). The SMILES string of the molecule is O=C(Nc1ccc(Oc2ccccc2)cc1)Nc1cccc(C2OC(CSCCO)CC(c3ccc(CO)cc3)O2)c1. The van der Waals surface area contributed by atoms with Gasteiger partial charge in [-0.2, -0.15) is 11.8 Å². The number of urea groups is 1. The highest BCUT2D eigenvalue weighted by molar-refractivity contribution is 7.99. The lowest BCUT2D eigenvalue weighted by molar-refractivity contribution is -0.245. The van der Waals surface area contributed by atoms with Crippen LogP contribution in [-0.2, 0) is 16.1 Å². The molecule has 2 amide bonds. The Bertz CT molecular complexity index is 1420. The van der Waals surface area contributed by atoms with Gasteiger partial charge in [0.05, 0.1) is 25.4 Å². The fourth-order valence-corrected chi connectivity index (χ4v) is 5.36. The molecule has 1 fully saturated rings. The topological polar surface area (TPSA) is 109 Å². The van der Waals surface area contributed by atoms with Crippen LogP contribution in [0.15, 0.2) is 103 Å². The van der Waals surface area contributed by atoms with Crippen molar-refractivity contribution in [3.05, 3.63) is 120 Å². The van der Waals surface area contributed by atoms with E-state index in [4.69, 9.17) is 14.2 Å². The van der Waals surface area contributed by atoms with E-state index < -0.39 is 6.29 Å². The van der Waals surface area contributed by atoms with Gasteiger partial charge >= 0.3 is 6.03 Å². The first-order valence-corrected chi connectivity index (χ1v) is 15.0. The molecule has 4 N–H and O–H groups in total. The van der Waals surface area contributed by atoms with Crippen molar-refractivity contribution in [3.8, 4) is 11.5 Å². The highest BCUT2D eigenvalue weighted by Gasteiger charge is 2.32. The summed E-state index contributed by atoms with van der Waals surface area (Å²) >= 11 is 1.64. The molecular weight excluding hydrogens is 552 g/mol. The molecule has 42 heavy (non-hydrogen) atoms. The van der Waals surface area contributed by atoms with Crippen LogP contribution >= 0.6 is 11.8 Å². The maximum atomic E-state index is 12.8. The fourth-order valence-electron chi connectivity index (χ4n) is 4.59. The number of rotatable bonds is 11. The van der Waals surface area contributed by atoms with Gasteiger partial charge in [0.2, 0.25) is 0 Å². The molecule has 1 heterocycles. The van der Waals surface area contributed by atoms with Crippen molar-refractivity contribution >= 4 is 29.2 Å². The second-order valence-corrected chi connectivity index (χ2v) is 10.9. The summed E-state index contributed by atoms with van der Waals surface area (Å²) in [5.41, 5.74) is 3.85. The van der Waals surface area contributed by atoms with E-state index in [9.17, 15) is 15.0 Å². The summed E-state index contributed by atoms with van der Waals surface area (Å²) in [5.74, 6) is 2.77. The summed E-state index contributed by atoms with van der Waals surface area (Å²) in [4.78, 5) is 12.8. The van der Waals surface area contributed by atoms with E-state index in [2.05, 4.69) is 10.6 Å². The lowest BCUT2D eigenvalue weighted by Crippen LogP contribution is -2.31. The van der Waals surface area contributed by atoms with Crippen LogP contribution in [0.4, 0.5) is 16.2 Å². The number of aliphatic hydroxyl groups excluding tert-OH is 2. The van der Waals surface area contributed by atoms with Crippen LogP contribution in [0.25, 0.3) is 0 Å². The third kappa shape index (κ3) is 8.34. The third-order valence-electron chi connectivity index (χ3n) is 6.66. The van der Waals surface area contributed by atoms with Crippen LogP contribution in [0.5, 0.6) is 11.5 Å². The van der Waals surface area contributed by atoms with Crippen molar-refractivity contribution in [2.75, 3.05) is 28.7 Å². The smallest absolute Gasteiger partial charge is 0.323 e. The summed E-state index contributed by atoms with van der Waals surface area (Å²) < 4.78 is 18.5. The van der Waals surface area contributed by atoms with Gasteiger partial charge in [-0.1, -0.05) is 54.6 Å². The Kier molecular flexibility index (Phi) is 10.5. The van der Waals surface area contributed by atoms with Gasteiger partial charge in [-0.25, -0.2) is 4.79 Å². The molecule has 1 aliphatic heterocycles. The molecule has 0 radical (unpaired) electrons. The number of nitrogens with one attached hydrogen (secondary N) is 2. The second kappa shape index (κ2) is 14.9. The van der Waals surface area contributed by atoms with Crippen molar-refractivity contribution in [2.24, 2.45) is 0 Å². The molecule has 8 nitrogen and oxygen atoms in total. The van der Waals surface area contributed by atoms with E-state index in [0.717, 1.165) is 28.2 Å². The Labute approximate surface area is 249 Å². The number of hydrogen-bond donors (Lipinski definition) is 4. The largest absolute Gasteiger partial charge is 0.457 e. The zero-order valence-electron chi connectivity index (χ0n) is 23.0. The lowest BCUT2D eigenvalue weighted by Gasteiger charge is -2.36. The number of amides is 2. The summed E-state index contributed by atoms with van der Waals surface area (Å²) in [6.07, 6.45) is -0.257. The summed E-state index contributed by atoms with van der Waals surface area (Å²) in [5, 5.41) is 24.4. The van der Waals surface area contributed by atoms with E-state index >= 15 is 0 Å². The Hall–Kier alpha value is -3.86. The van der Waals surface area contributed by atoms with Crippen molar-refractivity contribution in [2.45, 2.75) is 31.5 Å². The maximum absolute atomic E-state index is 12.8. The Morgan fingerprint density at radius 2 is 1.55 bits per heavy atom. The van der Waals surface area contributed by atoms with Gasteiger partial charge in [0.15, 0.2) is 6.29 Å². The third-order valence-corrected chi connectivity index (χ3v) is 7.74. The van der Waals surface area contributed by atoms with E-state index in [1.165, 1.54) is 0 Å². The molecule has 218 valence electrons. The number of ether oxygens (including phenoxy) is 3. The Morgan fingerprint density at radius 1 is 0.810 bits per heavy atom. The molecule has 9 heteroatoms. The number of carbonyl (C=O) groups excluding carboxylic acids is 1. The number of hydrogen-bond acceptors (Lipinski definition) is 7. The molecule has 4 aromatic rings. The Balaban J connectivity index is 1.23. The number of para-hydroxylation sites is 1. The molecule has 0 spiro atoms. The molecule has 0 bridgehead atoms. The minimum absolute atomic E-state index is 0.0146. The average Bonchev–Trinajstić information content (AvgIpc) is 3.03. The molecule has 0 aromatic heterocycles. The number of anilines is 2. The maximum Gasteiger partial charge on any atom is 0.323 e. The van der Waals surface area contributed by atoms with E-state index in [-0.39, 0.29) is 31.5 Å². The minimum Gasteiger partial charge on any atom is -0.457 e. The van der Waals surface area contributed by atoms with E-state index in [1.54, 1.807) is 36.0 Å². The first kappa shape index (κ1) is 29.6. The molecule has 4 aromatic carbocycles. The van der Waals surface area contributed by atoms with Gasteiger partial charge in [0.25, 0.3) is 0 Å². The van der Waals surface area contributed by atoms with Crippen molar-refractivity contribution in [1.29, 1.82) is 0 Å². The highest BCUT2D eigenvalue weighted by Crippen LogP contribution is 2.39. The minimum atomic E-state index is -0.636. The van der Waals surface area contributed by atoms with Gasteiger partial charge in [-0.15, -0.1) is 0 Å². The second-order valence-electron chi connectivity index (χ2n) is 9.79. The molecule has 5 rings (SSSR count). The Morgan fingerprint density at radius 3 is 2.29 bits per heavy atom. The van der Waals surface area contributed by atoms with Gasteiger partial charge in [-0.3, -0.25) is 0 Å². The van der Waals surface area contributed by atoms with E-state index in [1.807, 2.05) is 78.9 Å². The summed E-state index contributed by atoms with van der Waals surface area (Å²) in [6, 6.07) is 31.4. The van der Waals surface area contributed by atoms with Crippen LogP contribution in [0, 0.1) is 0 Å². The quantitative estimate of drug-likeness (QED) is 0.142. The first-order chi connectivity index (χ1) is 20.6. The van der Waals surface area contributed by atoms with Crippen LogP contribution < -0.4 is 15.4 Å². The fraction of sp³-hybridized carbons (Fsp3) is 0.242. The predicted octanol–water partition coefficient (Wildman–Crippen LogP) is 6.89. The normalized spacial score (nSPS) is 18.3. The zero-order valence-corrected chi connectivity index (χ0v) is 23.8. The monoisotopic (exact) mass is 586 g/mol. The van der Waals surface area contributed by atoms with Gasteiger partial charge in [0.1, 0.15) is 11.5 Å². The number of aliphatic hydroxyl groups is 2. The van der Waals surface area contributed by atoms with Crippen LogP contribution in [0.2, 0.25) is 0 Å². The van der Waals surface area contributed by atoms with Crippen LogP contribution in [0.1, 0.15) is 35.5 Å². The molecule has 0 saturated carbocycles. The first-order valence-electron chi connectivity index (χ1n) is 13.8. The number of thioether (sulfide) groups is 1. The van der Waals surface area contributed by atoms with Crippen molar-refractivity contribution < 1.29 is 29.2 Å². The van der Waals surface area contributed by atoms with Crippen LogP contribution in [-0.4, -0.2) is 40.5 Å². The molecule has 3 unspecified atom stereocenters. The van der Waals surface area contributed by atoms with Gasteiger partial charge < -0.3 is 35.1 Å².